The Morgan fingerprint density at radius 2 is 2.12 bits per heavy atom. The zero-order chi connectivity index (χ0) is 12.0. The van der Waals surface area contributed by atoms with E-state index in [1.807, 2.05) is 6.07 Å². The normalized spacial score (nSPS) is 12.9. The van der Waals surface area contributed by atoms with E-state index in [1.165, 1.54) is 6.08 Å². The summed E-state index contributed by atoms with van der Waals surface area (Å²) in [4.78, 5) is 11.0. The summed E-state index contributed by atoms with van der Waals surface area (Å²) in [7, 11) is 0. The van der Waals surface area contributed by atoms with Gasteiger partial charge in [-0.15, -0.1) is 0 Å². The summed E-state index contributed by atoms with van der Waals surface area (Å²) >= 11 is 0. The minimum Gasteiger partial charge on any atom is -0.478 e. The summed E-state index contributed by atoms with van der Waals surface area (Å²) in [5.41, 5.74) is 6.31. The molecule has 0 aliphatic carbocycles. The molecule has 0 saturated carbocycles. The lowest BCUT2D eigenvalue weighted by Gasteiger charge is -2.05. The third kappa shape index (κ3) is 3.23. The predicted octanol–water partition coefficient (Wildman–Crippen LogP) is 1.40. The molecule has 0 fully saturated rings. The van der Waals surface area contributed by atoms with Crippen LogP contribution in [0.25, 0.3) is 5.57 Å². The van der Waals surface area contributed by atoms with E-state index < -0.39 is 12.0 Å². The summed E-state index contributed by atoms with van der Waals surface area (Å²) in [5.74, 6) is -1.04. The van der Waals surface area contributed by atoms with E-state index in [4.69, 9.17) is 16.1 Å². The van der Waals surface area contributed by atoms with E-state index in [0.29, 0.717) is 5.56 Å². The Morgan fingerprint density at radius 1 is 1.50 bits per heavy atom. The van der Waals surface area contributed by atoms with Gasteiger partial charge in [-0.3, -0.25) is 0 Å². The predicted molar refractivity (Wildman–Crippen MR) is 60.3 cm³/mol. The SMILES string of the molecule is N#CCC(N)C=C(C(=O)O)c1ccccc1. The number of nitrogens with two attached hydrogens (primary N) is 1. The number of nitrogens with zero attached hydrogens (tertiary/aromatic N) is 1. The van der Waals surface area contributed by atoms with Crippen LogP contribution in [0.2, 0.25) is 0 Å². The summed E-state index contributed by atoms with van der Waals surface area (Å²) < 4.78 is 0. The molecular weight excluding hydrogens is 204 g/mol. The Morgan fingerprint density at radius 3 is 2.62 bits per heavy atom. The van der Waals surface area contributed by atoms with Gasteiger partial charge in [-0.05, 0) is 5.56 Å². The van der Waals surface area contributed by atoms with Crippen LogP contribution in [-0.2, 0) is 4.79 Å². The Bertz CT molecular complexity index is 432. The second-order valence-corrected chi connectivity index (χ2v) is 3.28. The van der Waals surface area contributed by atoms with Gasteiger partial charge in [0.2, 0.25) is 0 Å². The first kappa shape index (κ1) is 12.0. The molecule has 3 N–H and O–H groups in total. The van der Waals surface area contributed by atoms with Crippen molar-refractivity contribution in [3.63, 3.8) is 0 Å². The molecule has 1 unspecified atom stereocenters. The smallest absolute Gasteiger partial charge is 0.336 e. The molecule has 0 amide bonds. The zero-order valence-electron chi connectivity index (χ0n) is 8.63. The lowest BCUT2D eigenvalue weighted by Crippen LogP contribution is -2.17. The molecule has 0 spiro atoms. The van der Waals surface area contributed by atoms with Gasteiger partial charge in [0.1, 0.15) is 0 Å². The average Bonchev–Trinajstić information content (AvgIpc) is 2.27. The lowest BCUT2D eigenvalue weighted by molar-refractivity contribution is -0.130. The van der Waals surface area contributed by atoms with Crippen molar-refractivity contribution in [2.75, 3.05) is 0 Å². The summed E-state index contributed by atoms with van der Waals surface area (Å²) in [6.45, 7) is 0. The van der Waals surface area contributed by atoms with Gasteiger partial charge in [0.15, 0.2) is 0 Å². The van der Waals surface area contributed by atoms with Gasteiger partial charge in [-0.1, -0.05) is 36.4 Å². The number of aliphatic carboxylic acids is 1. The van der Waals surface area contributed by atoms with E-state index in [2.05, 4.69) is 0 Å². The second-order valence-electron chi connectivity index (χ2n) is 3.28. The molecule has 0 aromatic heterocycles. The first-order chi connectivity index (χ1) is 7.65. The first-order valence-corrected chi connectivity index (χ1v) is 4.78. The molecule has 1 aromatic rings. The fourth-order valence-electron chi connectivity index (χ4n) is 1.29. The van der Waals surface area contributed by atoms with Crippen LogP contribution in [-0.4, -0.2) is 17.1 Å². The van der Waals surface area contributed by atoms with Crippen LogP contribution in [0.5, 0.6) is 0 Å². The Hall–Kier alpha value is -2.12. The van der Waals surface area contributed by atoms with Crippen molar-refractivity contribution in [1.82, 2.24) is 0 Å². The van der Waals surface area contributed by atoms with Gasteiger partial charge in [-0.25, -0.2) is 4.79 Å². The van der Waals surface area contributed by atoms with Crippen molar-refractivity contribution in [3.8, 4) is 6.07 Å². The maximum atomic E-state index is 11.0. The Kier molecular flexibility index (Phi) is 4.25. The number of hydrogen-bond acceptors (Lipinski definition) is 3. The summed E-state index contributed by atoms with van der Waals surface area (Å²) in [5, 5.41) is 17.5. The van der Waals surface area contributed by atoms with Gasteiger partial charge in [0.05, 0.1) is 18.1 Å². The van der Waals surface area contributed by atoms with Crippen molar-refractivity contribution in [2.24, 2.45) is 5.73 Å². The maximum Gasteiger partial charge on any atom is 0.336 e. The van der Waals surface area contributed by atoms with Crippen molar-refractivity contribution in [3.05, 3.63) is 42.0 Å². The van der Waals surface area contributed by atoms with Crippen LogP contribution < -0.4 is 5.73 Å². The standard InChI is InChI=1S/C12H12N2O2/c13-7-6-10(14)8-11(12(15)16)9-4-2-1-3-5-9/h1-5,8,10H,6,14H2,(H,15,16). The largest absolute Gasteiger partial charge is 0.478 e. The molecule has 0 heterocycles. The molecular formula is C12H12N2O2. The van der Waals surface area contributed by atoms with Crippen LogP contribution in [0.3, 0.4) is 0 Å². The first-order valence-electron chi connectivity index (χ1n) is 4.78. The van der Waals surface area contributed by atoms with Gasteiger partial charge in [-0.2, -0.15) is 5.26 Å². The molecule has 0 aliphatic heterocycles. The van der Waals surface area contributed by atoms with E-state index in [1.54, 1.807) is 30.3 Å². The number of carboxylic acids is 1. The Balaban J connectivity index is 3.02. The third-order valence-electron chi connectivity index (χ3n) is 2.02. The molecule has 0 aliphatic rings. The van der Waals surface area contributed by atoms with E-state index >= 15 is 0 Å². The van der Waals surface area contributed by atoms with Crippen LogP contribution in [0.1, 0.15) is 12.0 Å². The van der Waals surface area contributed by atoms with Crippen LogP contribution >= 0.6 is 0 Å². The van der Waals surface area contributed by atoms with E-state index in [0.717, 1.165) is 0 Å². The van der Waals surface area contributed by atoms with Crippen LogP contribution in [0.4, 0.5) is 0 Å². The number of benzene rings is 1. The molecule has 4 nitrogen and oxygen atoms in total. The maximum absolute atomic E-state index is 11.0. The third-order valence-corrected chi connectivity index (χ3v) is 2.02. The summed E-state index contributed by atoms with van der Waals surface area (Å²) in [6, 6.07) is 10.0. The number of carboxylic acid groups (broad SMARTS) is 1. The monoisotopic (exact) mass is 216 g/mol. The minimum absolute atomic E-state index is 0.101. The Labute approximate surface area is 93.6 Å². The molecule has 1 aromatic carbocycles. The molecule has 0 radical (unpaired) electrons. The average molecular weight is 216 g/mol. The molecule has 0 bridgehead atoms. The highest BCUT2D eigenvalue weighted by Gasteiger charge is 2.11. The van der Waals surface area contributed by atoms with Gasteiger partial charge >= 0.3 is 5.97 Å². The highest BCUT2D eigenvalue weighted by Crippen LogP contribution is 2.15. The molecule has 82 valence electrons. The second kappa shape index (κ2) is 5.69. The highest BCUT2D eigenvalue weighted by molar-refractivity contribution is 6.15. The highest BCUT2D eigenvalue weighted by atomic mass is 16.4. The van der Waals surface area contributed by atoms with Gasteiger partial charge in [0, 0.05) is 6.04 Å². The van der Waals surface area contributed by atoms with Crippen molar-refractivity contribution in [2.45, 2.75) is 12.5 Å². The fraction of sp³-hybridized carbons (Fsp3) is 0.167. The van der Waals surface area contributed by atoms with Crippen LogP contribution in [0, 0.1) is 11.3 Å². The fourth-order valence-corrected chi connectivity index (χ4v) is 1.29. The number of rotatable bonds is 4. The number of hydrogen-bond donors (Lipinski definition) is 2. The zero-order valence-corrected chi connectivity index (χ0v) is 8.63. The van der Waals surface area contributed by atoms with Crippen molar-refractivity contribution in [1.29, 1.82) is 5.26 Å². The van der Waals surface area contributed by atoms with E-state index in [9.17, 15) is 4.79 Å². The minimum atomic E-state index is -1.04. The molecule has 1 atom stereocenters. The van der Waals surface area contributed by atoms with Crippen molar-refractivity contribution >= 4 is 11.5 Å². The number of carbonyl (C=O) groups is 1. The van der Waals surface area contributed by atoms with Gasteiger partial charge < -0.3 is 10.8 Å². The quantitative estimate of drug-likeness (QED) is 0.744. The molecule has 4 heteroatoms. The topological polar surface area (TPSA) is 87.1 Å². The van der Waals surface area contributed by atoms with E-state index in [-0.39, 0.29) is 12.0 Å². The van der Waals surface area contributed by atoms with Crippen molar-refractivity contribution < 1.29 is 9.90 Å². The van der Waals surface area contributed by atoms with Crippen LogP contribution in [0.15, 0.2) is 36.4 Å². The summed E-state index contributed by atoms with van der Waals surface area (Å²) in [6.07, 6.45) is 1.50. The molecule has 0 saturated heterocycles. The number of nitriles is 1. The lowest BCUT2D eigenvalue weighted by atomic mass is 10.0. The molecule has 16 heavy (non-hydrogen) atoms. The van der Waals surface area contributed by atoms with Gasteiger partial charge in [0.25, 0.3) is 0 Å². The molecule has 1 rings (SSSR count).